The van der Waals surface area contributed by atoms with Crippen LogP contribution >= 0.6 is 0 Å². The Morgan fingerprint density at radius 1 is 1.38 bits per heavy atom. The van der Waals surface area contributed by atoms with Crippen LogP contribution in [-0.4, -0.2) is 18.7 Å². The van der Waals surface area contributed by atoms with Crippen molar-refractivity contribution in [3.8, 4) is 0 Å². The molecule has 1 fully saturated rings. The summed E-state index contributed by atoms with van der Waals surface area (Å²) in [5.74, 6) is 0. The fourth-order valence-electron chi connectivity index (χ4n) is 1.60. The van der Waals surface area contributed by atoms with Gasteiger partial charge in [0.1, 0.15) is 6.10 Å². The van der Waals surface area contributed by atoms with Crippen LogP contribution in [0.2, 0.25) is 0 Å². The summed E-state index contributed by atoms with van der Waals surface area (Å²) in [5.41, 5.74) is 0. The van der Waals surface area contributed by atoms with Crippen LogP contribution < -0.4 is 5.32 Å². The number of carbonyl (C=O) groups excluding carboxylic acids is 1. The second-order valence-corrected chi connectivity index (χ2v) is 3.59. The Labute approximate surface area is 79.8 Å². The Morgan fingerprint density at radius 3 is 2.69 bits per heavy atom. The minimum atomic E-state index is -0.242. The highest BCUT2D eigenvalue weighted by molar-refractivity contribution is 5.67. The fraction of sp³-hybridized carbons (Fsp3) is 0.900. The van der Waals surface area contributed by atoms with Crippen molar-refractivity contribution in [1.82, 2.24) is 5.32 Å². The van der Waals surface area contributed by atoms with E-state index in [0.29, 0.717) is 6.54 Å². The molecule has 0 heterocycles. The number of ether oxygens (including phenoxy) is 1. The third-order valence-electron chi connectivity index (χ3n) is 2.35. The summed E-state index contributed by atoms with van der Waals surface area (Å²) in [6, 6.07) is 0. The van der Waals surface area contributed by atoms with Gasteiger partial charge in [-0.1, -0.05) is 13.3 Å². The molecule has 0 aliphatic heterocycles. The maximum atomic E-state index is 11.1. The van der Waals surface area contributed by atoms with Crippen LogP contribution in [-0.2, 0) is 4.74 Å². The maximum Gasteiger partial charge on any atom is 0.407 e. The van der Waals surface area contributed by atoms with E-state index in [1.807, 2.05) is 6.92 Å². The van der Waals surface area contributed by atoms with E-state index in [1.165, 1.54) is 19.3 Å². The number of hydrogen-bond acceptors (Lipinski definition) is 2. The van der Waals surface area contributed by atoms with Gasteiger partial charge in [-0.15, -0.1) is 0 Å². The normalized spacial score (nSPS) is 18.2. The Kier molecular flexibility index (Phi) is 4.65. The van der Waals surface area contributed by atoms with Crippen molar-refractivity contribution >= 4 is 6.09 Å². The number of nitrogens with one attached hydrogen (secondary N) is 1. The summed E-state index contributed by atoms with van der Waals surface area (Å²) in [4.78, 5) is 11.1. The average molecular weight is 185 g/mol. The van der Waals surface area contributed by atoms with Gasteiger partial charge in [-0.05, 0) is 32.1 Å². The summed E-state index contributed by atoms with van der Waals surface area (Å²) in [6.45, 7) is 2.74. The van der Waals surface area contributed by atoms with E-state index in [1.54, 1.807) is 0 Å². The van der Waals surface area contributed by atoms with Gasteiger partial charge < -0.3 is 10.1 Å². The van der Waals surface area contributed by atoms with Gasteiger partial charge in [-0.2, -0.15) is 0 Å². The summed E-state index contributed by atoms with van der Waals surface area (Å²) in [7, 11) is 0. The molecule has 0 unspecified atom stereocenters. The molecule has 0 aromatic carbocycles. The molecule has 3 heteroatoms. The molecule has 0 bridgehead atoms. The quantitative estimate of drug-likeness (QED) is 0.733. The lowest BCUT2D eigenvalue weighted by Crippen LogP contribution is -2.30. The van der Waals surface area contributed by atoms with Gasteiger partial charge in [0.2, 0.25) is 0 Å². The predicted molar refractivity (Wildman–Crippen MR) is 51.6 cm³/mol. The van der Waals surface area contributed by atoms with Crippen LogP contribution in [0.1, 0.15) is 45.4 Å². The predicted octanol–water partition coefficient (Wildman–Crippen LogP) is 2.46. The molecular formula is C10H19NO2. The van der Waals surface area contributed by atoms with Crippen LogP contribution in [0.15, 0.2) is 0 Å². The minimum Gasteiger partial charge on any atom is -0.446 e. The molecule has 1 saturated carbocycles. The molecule has 76 valence electrons. The summed E-state index contributed by atoms with van der Waals surface area (Å²) in [6.07, 6.45) is 6.66. The highest BCUT2D eigenvalue weighted by atomic mass is 16.6. The summed E-state index contributed by atoms with van der Waals surface area (Å²) < 4.78 is 5.24. The molecule has 0 spiro atoms. The van der Waals surface area contributed by atoms with Crippen LogP contribution in [0, 0.1) is 0 Å². The van der Waals surface area contributed by atoms with Crippen molar-refractivity contribution in [3.63, 3.8) is 0 Å². The van der Waals surface area contributed by atoms with Gasteiger partial charge >= 0.3 is 6.09 Å². The monoisotopic (exact) mass is 185 g/mol. The zero-order valence-electron chi connectivity index (χ0n) is 8.34. The van der Waals surface area contributed by atoms with Gasteiger partial charge in [-0.3, -0.25) is 0 Å². The number of carbonyl (C=O) groups is 1. The summed E-state index contributed by atoms with van der Waals surface area (Å²) in [5, 5.41) is 2.72. The van der Waals surface area contributed by atoms with Gasteiger partial charge in [0.05, 0.1) is 0 Å². The lowest BCUT2D eigenvalue weighted by atomic mass is 9.98. The van der Waals surface area contributed by atoms with Crippen molar-refractivity contribution in [2.45, 2.75) is 51.6 Å². The minimum absolute atomic E-state index is 0.172. The van der Waals surface area contributed by atoms with Gasteiger partial charge in [0, 0.05) is 6.54 Å². The molecule has 1 amide bonds. The average Bonchev–Trinajstić information content (AvgIpc) is 2.16. The first-order chi connectivity index (χ1) is 6.33. The lowest BCUT2D eigenvalue weighted by molar-refractivity contribution is 0.0754. The van der Waals surface area contributed by atoms with E-state index < -0.39 is 0 Å². The Bertz CT molecular complexity index is 153. The zero-order chi connectivity index (χ0) is 9.52. The van der Waals surface area contributed by atoms with Crippen molar-refractivity contribution in [2.75, 3.05) is 6.54 Å². The van der Waals surface area contributed by atoms with Crippen molar-refractivity contribution in [2.24, 2.45) is 0 Å². The number of rotatable bonds is 3. The van der Waals surface area contributed by atoms with Crippen LogP contribution in [0.5, 0.6) is 0 Å². The Balaban J connectivity index is 2.11. The van der Waals surface area contributed by atoms with Crippen molar-refractivity contribution < 1.29 is 9.53 Å². The number of amides is 1. The van der Waals surface area contributed by atoms with E-state index in [9.17, 15) is 4.79 Å². The molecule has 13 heavy (non-hydrogen) atoms. The molecule has 1 N–H and O–H groups in total. The standard InChI is InChI=1S/C10H19NO2/c1-2-8-11-10(12)13-9-6-4-3-5-7-9/h9H,2-8H2,1H3,(H,11,12). The molecule has 3 nitrogen and oxygen atoms in total. The third-order valence-corrected chi connectivity index (χ3v) is 2.35. The maximum absolute atomic E-state index is 11.1. The van der Waals surface area contributed by atoms with Crippen molar-refractivity contribution in [3.05, 3.63) is 0 Å². The van der Waals surface area contributed by atoms with Crippen LogP contribution in [0.3, 0.4) is 0 Å². The molecule has 0 radical (unpaired) electrons. The summed E-state index contributed by atoms with van der Waals surface area (Å²) >= 11 is 0. The van der Waals surface area contributed by atoms with E-state index in [4.69, 9.17) is 4.74 Å². The Morgan fingerprint density at radius 2 is 2.08 bits per heavy atom. The van der Waals surface area contributed by atoms with Gasteiger partial charge in [-0.25, -0.2) is 4.79 Å². The highest BCUT2D eigenvalue weighted by Gasteiger charge is 2.16. The fourth-order valence-corrected chi connectivity index (χ4v) is 1.60. The topological polar surface area (TPSA) is 38.3 Å². The van der Waals surface area contributed by atoms with Gasteiger partial charge in [0.15, 0.2) is 0 Å². The van der Waals surface area contributed by atoms with E-state index >= 15 is 0 Å². The van der Waals surface area contributed by atoms with Crippen LogP contribution in [0.4, 0.5) is 4.79 Å². The zero-order valence-corrected chi connectivity index (χ0v) is 8.34. The first kappa shape index (κ1) is 10.4. The molecule has 0 aromatic rings. The van der Waals surface area contributed by atoms with E-state index in [-0.39, 0.29) is 12.2 Å². The second kappa shape index (κ2) is 5.84. The first-order valence-electron chi connectivity index (χ1n) is 5.27. The SMILES string of the molecule is CCCNC(=O)OC1CCCCC1. The molecule has 1 aliphatic carbocycles. The number of alkyl carbamates (subject to hydrolysis) is 1. The largest absolute Gasteiger partial charge is 0.446 e. The highest BCUT2D eigenvalue weighted by Crippen LogP contribution is 2.20. The molecule has 0 atom stereocenters. The molecule has 1 rings (SSSR count). The lowest BCUT2D eigenvalue weighted by Gasteiger charge is -2.21. The van der Waals surface area contributed by atoms with Gasteiger partial charge in [0.25, 0.3) is 0 Å². The first-order valence-corrected chi connectivity index (χ1v) is 5.27. The number of hydrogen-bond donors (Lipinski definition) is 1. The smallest absolute Gasteiger partial charge is 0.407 e. The van der Waals surface area contributed by atoms with Crippen molar-refractivity contribution in [1.29, 1.82) is 0 Å². The molecular weight excluding hydrogens is 166 g/mol. The molecule has 0 saturated heterocycles. The van der Waals surface area contributed by atoms with E-state index in [0.717, 1.165) is 19.3 Å². The van der Waals surface area contributed by atoms with Crippen LogP contribution in [0.25, 0.3) is 0 Å². The third kappa shape index (κ3) is 4.15. The molecule has 0 aromatic heterocycles. The molecule has 1 aliphatic rings. The Hall–Kier alpha value is -0.730. The second-order valence-electron chi connectivity index (χ2n) is 3.59. The van der Waals surface area contributed by atoms with E-state index in [2.05, 4.69) is 5.32 Å².